The van der Waals surface area contributed by atoms with E-state index in [2.05, 4.69) is 0 Å². The summed E-state index contributed by atoms with van der Waals surface area (Å²) in [6.45, 7) is 3.44. The summed E-state index contributed by atoms with van der Waals surface area (Å²) in [6.07, 6.45) is 0.500. The van der Waals surface area contributed by atoms with Crippen LogP contribution in [0, 0.1) is 6.92 Å². The average Bonchev–Trinajstić information content (AvgIpc) is 2.34. The van der Waals surface area contributed by atoms with Gasteiger partial charge < -0.3 is 14.4 Å². The first-order valence-corrected chi connectivity index (χ1v) is 5.86. The van der Waals surface area contributed by atoms with Crippen molar-refractivity contribution in [2.24, 2.45) is 0 Å². The summed E-state index contributed by atoms with van der Waals surface area (Å²) in [5, 5.41) is 0. The number of ketones is 1. The molecule has 0 fully saturated rings. The minimum atomic E-state index is -0.0888. The summed E-state index contributed by atoms with van der Waals surface area (Å²) in [5.74, 6) is 0.585. The van der Waals surface area contributed by atoms with Crippen molar-refractivity contribution in [1.82, 2.24) is 0 Å². The molecule has 0 unspecified atom stereocenters. The van der Waals surface area contributed by atoms with Crippen LogP contribution in [0.15, 0.2) is 18.2 Å². The fourth-order valence-electron chi connectivity index (χ4n) is 1.65. The van der Waals surface area contributed by atoms with Crippen molar-refractivity contribution in [2.75, 3.05) is 19.1 Å². The van der Waals surface area contributed by atoms with Crippen molar-refractivity contribution in [3.63, 3.8) is 0 Å². The molecular formula is C14H19NO3. The highest BCUT2D eigenvalue weighted by Crippen LogP contribution is 2.28. The third kappa shape index (κ3) is 3.58. The van der Waals surface area contributed by atoms with E-state index in [4.69, 9.17) is 4.74 Å². The first kappa shape index (κ1) is 14.2. The monoisotopic (exact) mass is 249 g/mol. The van der Waals surface area contributed by atoms with Gasteiger partial charge in [0.2, 0.25) is 5.91 Å². The molecule has 0 atom stereocenters. The first-order chi connectivity index (χ1) is 8.45. The van der Waals surface area contributed by atoms with Crippen molar-refractivity contribution in [1.29, 1.82) is 0 Å². The van der Waals surface area contributed by atoms with Gasteiger partial charge in [0, 0.05) is 19.9 Å². The van der Waals surface area contributed by atoms with E-state index in [1.54, 1.807) is 14.2 Å². The minimum Gasteiger partial charge on any atom is -0.495 e. The quantitative estimate of drug-likeness (QED) is 0.804. The molecule has 0 spiro atoms. The molecule has 4 heteroatoms. The van der Waals surface area contributed by atoms with Gasteiger partial charge >= 0.3 is 0 Å². The van der Waals surface area contributed by atoms with Crippen LogP contribution < -0.4 is 9.64 Å². The Morgan fingerprint density at radius 3 is 2.50 bits per heavy atom. The molecular weight excluding hydrogens is 230 g/mol. The molecule has 1 aromatic carbocycles. The zero-order chi connectivity index (χ0) is 13.7. The molecule has 1 aromatic rings. The van der Waals surface area contributed by atoms with Crippen LogP contribution in [-0.2, 0) is 9.59 Å². The molecule has 0 N–H and O–H groups in total. The number of hydrogen-bond donors (Lipinski definition) is 0. The maximum atomic E-state index is 11.9. The predicted octanol–water partition coefficient (Wildman–Crippen LogP) is 2.34. The van der Waals surface area contributed by atoms with Crippen molar-refractivity contribution in [2.45, 2.75) is 26.7 Å². The molecule has 0 aliphatic carbocycles. The minimum absolute atomic E-state index is 0.0213. The highest BCUT2D eigenvalue weighted by atomic mass is 16.5. The lowest BCUT2D eigenvalue weighted by Gasteiger charge is -2.20. The van der Waals surface area contributed by atoms with E-state index in [1.165, 1.54) is 11.8 Å². The molecule has 98 valence electrons. The van der Waals surface area contributed by atoms with Crippen LogP contribution in [0.5, 0.6) is 5.75 Å². The molecule has 0 aromatic heterocycles. The van der Waals surface area contributed by atoms with Gasteiger partial charge in [0.25, 0.3) is 0 Å². The van der Waals surface area contributed by atoms with E-state index < -0.39 is 0 Å². The number of Topliss-reactive ketones (excluding diaryl/α,β-unsaturated/α-hetero) is 1. The van der Waals surface area contributed by atoms with E-state index in [9.17, 15) is 9.59 Å². The molecule has 0 bridgehead atoms. The zero-order valence-corrected chi connectivity index (χ0v) is 11.3. The summed E-state index contributed by atoms with van der Waals surface area (Å²) in [4.78, 5) is 24.4. The summed E-state index contributed by atoms with van der Waals surface area (Å²) in [5.41, 5.74) is 1.78. The van der Waals surface area contributed by atoms with Gasteiger partial charge in [-0.15, -0.1) is 0 Å². The third-order valence-electron chi connectivity index (χ3n) is 2.76. The normalized spacial score (nSPS) is 10.0. The van der Waals surface area contributed by atoms with Crippen LogP contribution in [0.4, 0.5) is 5.69 Å². The standard InChI is InChI=1S/C14H19NO3/c1-10-5-7-13(18-4)12(9-10)15(3)14(17)8-6-11(2)16/h5,7,9H,6,8H2,1-4H3. The predicted molar refractivity (Wildman–Crippen MR) is 71.1 cm³/mol. The number of carbonyl (C=O) groups is 2. The van der Waals surface area contributed by atoms with Crippen LogP contribution in [0.1, 0.15) is 25.3 Å². The maximum Gasteiger partial charge on any atom is 0.227 e. The van der Waals surface area contributed by atoms with Crippen molar-refractivity contribution < 1.29 is 14.3 Å². The van der Waals surface area contributed by atoms with Crippen molar-refractivity contribution in [3.05, 3.63) is 23.8 Å². The van der Waals surface area contributed by atoms with Gasteiger partial charge in [-0.1, -0.05) is 6.07 Å². The third-order valence-corrected chi connectivity index (χ3v) is 2.76. The number of rotatable bonds is 5. The van der Waals surface area contributed by atoms with Crippen molar-refractivity contribution >= 4 is 17.4 Å². The molecule has 18 heavy (non-hydrogen) atoms. The molecule has 0 aliphatic heterocycles. The Kier molecular flexibility index (Phi) is 4.89. The van der Waals surface area contributed by atoms with E-state index >= 15 is 0 Å². The second-order valence-corrected chi connectivity index (χ2v) is 4.33. The lowest BCUT2D eigenvalue weighted by atomic mass is 10.1. The topological polar surface area (TPSA) is 46.6 Å². The second-order valence-electron chi connectivity index (χ2n) is 4.33. The number of carbonyl (C=O) groups excluding carboxylic acids is 2. The largest absolute Gasteiger partial charge is 0.495 e. The summed E-state index contributed by atoms with van der Waals surface area (Å²) in [7, 11) is 3.27. The van der Waals surface area contributed by atoms with Gasteiger partial charge in [-0.2, -0.15) is 0 Å². The maximum absolute atomic E-state index is 11.9. The number of anilines is 1. The molecule has 0 radical (unpaired) electrons. The Hall–Kier alpha value is -1.84. The van der Waals surface area contributed by atoms with Gasteiger partial charge in [0.05, 0.1) is 12.8 Å². The number of amides is 1. The van der Waals surface area contributed by atoms with E-state index in [0.717, 1.165) is 11.3 Å². The van der Waals surface area contributed by atoms with Crippen LogP contribution >= 0.6 is 0 Å². The Morgan fingerprint density at radius 2 is 1.94 bits per heavy atom. The lowest BCUT2D eigenvalue weighted by molar-refractivity contribution is -0.122. The molecule has 0 heterocycles. The number of ether oxygens (including phenoxy) is 1. The number of nitrogens with zero attached hydrogens (tertiary/aromatic N) is 1. The smallest absolute Gasteiger partial charge is 0.227 e. The first-order valence-electron chi connectivity index (χ1n) is 5.86. The molecule has 1 rings (SSSR count). The van der Waals surface area contributed by atoms with Crippen LogP contribution in [0.3, 0.4) is 0 Å². The van der Waals surface area contributed by atoms with Gasteiger partial charge in [-0.05, 0) is 31.5 Å². The average molecular weight is 249 g/mol. The molecule has 0 saturated carbocycles. The Balaban J connectivity index is 2.88. The number of hydrogen-bond acceptors (Lipinski definition) is 3. The molecule has 1 amide bonds. The Morgan fingerprint density at radius 1 is 1.28 bits per heavy atom. The highest BCUT2D eigenvalue weighted by molar-refractivity contribution is 5.96. The van der Waals surface area contributed by atoms with E-state index in [1.807, 2.05) is 25.1 Å². The highest BCUT2D eigenvalue weighted by Gasteiger charge is 2.15. The van der Waals surface area contributed by atoms with Crippen molar-refractivity contribution in [3.8, 4) is 5.75 Å². The van der Waals surface area contributed by atoms with Crippen LogP contribution in [0.2, 0.25) is 0 Å². The van der Waals surface area contributed by atoms with Gasteiger partial charge in [0.15, 0.2) is 0 Å². The van der Waals surface area contributed by atoms with Crippen LogP contribution in [-0.4, -0.2) is 25.8 Å². The zero-order valence-electron chi connectivity index (χ0n) is 11.3. The van der Waals surface area contributed by atoms with Gasteiger partial charge in [-0.25, -0.2) is 0 Å². The lowest BCUT2D eigenvalue weighted by Crippen LogP contribution is -2.26. The number of methoxy groups -OCH3 is 1. The van der Waals surface area contributed by atoms with Gasteiger partial charge in [0.1, 0.15) is 11.5 Å². The Bertz CT molecular complexity index is 454. The molecule has 0 aliphatic rings. The van der Waals surface area contributed by atoms with Gasteiger partial charge in [-0.3, -0.25) is 4.79 Å². The fourth-order valence-corrected chi connectivity index (χ4v) is 1.65. The second kappa shape index (κ2) is 6.19. The number of aryl methyl sites for hydroxylation is 1. The van der Waals surface area contributed by atoms with E-state index in [-0.39, 0.29) is 24.5 Å². The fraction of sp³-hybridized carbons (Fsp3) is 0.429. The molecule has 4 nitrogen and oxygen atoms in total. The summed E-state index contributed by atoms with van der Waals surface area (Å²) < 4.78 is 5.24. The number of benzene rings is 1. The SMILES string of the molecule is COc1ccc(C)cc1N(C)C(=O)CCC(C)=O. The Labute approximate surface area is 108 Å². The summed E-state index contributed by atoms with van der Waals surface area (Å²) in [6, 6.07) is 5.65. The van der Waals surface area contributed by atoms with Crippen LogP contribution in [0.25, 0.3) is 0 Å². The molecule has 0 saturated heterocycles. The van der Waals surface area contributed by atoms with E-state index in [0.29, 0.717) is 5.75 Å². The summed E-state index contributed by atoms with van der Waals surface area (Å²) >= 11 is 0.